The van der Waals surface area contributed by atoms with Crippen molar-refractivity contribution in [2.75, 3.05) is 6.54 Å². The van der Waals surface area contributed by atoms with Crippen LogP contribution in [0.2, 0.25) is 5.02 Å². The zero-order chi connectivity index (χ0) is 17.9. The molecule has 0 unspecified atom stereocenters. The van der Waals surface area contributed by atoms with Gasteiger partial charge in [0.2, 0.25) is 11.7 Å². The van der Waals surface area contributed by atoms with Crippen LogP contribution in [0.4, 0.5) is 0 Å². The molecular formula is C20H21ClN4O. The first-order valence-electron chi connectivity index (χ1n) is 8.92. The van der Waals surface area contributed by atoms with Crippen LogP contribution in [0.3, 0.4) is 0 Å². The summed E-state index contributed by atoms with van der Waals surface area (Å²) in [5.41, 5.74) is 1.93. The first-order chi connectivity index (χ1) is 12.7. The lowest BCUT2D eigenvalue weighted by Gasteiger charge is -2.36. The van der Waals surface area contributed by atoms with Gasteiger partial charge < -0.3 is 4.52 Å². The third-order valence-electron chi connectivity index (χ3n) is 4.88. The van der Waals surface area contributed by atoms with Crippen molar-refractivity contribution in [3.63, 3.8) is 0 Å². The van der Waals surface area contributed by atoms with Crippen LogP contribution >= 0.6 is 11.6 Å². The van der Waals surface area contributed by atoms with Crippen LogP contribution in [-0.2, 0) is 6.54 Å². The summed E-state index contributed by atoms with van der Waals surface area (Å²) in [5.74, 6) is 1.88. The summed E-state index contributed by atoms with van der Waals surface area (Å²) in [5, 5.41) is 4.85. The standard InChI is InChI=1S/C20H21ClN4O/c1-14-8-10-25(13-17-7-2-3-9-22-17)18(11-14)20-23-19(24-26-20)15-5-4-6-16(21)12-15/h2-7,9,12,14,18H,8,10-11,13H2,1H3/t14-,18+/m0/s1. The number of piperidine rings is 1. The number of hydrogen-bond donors (Lipinski definition) is 0. The van der Waals surface area contributed by atoms with Crippen LogP contribution in [0.15, 0.2) is 53.2 Å². The molecule has 3 heterocycles. The fourth-order valence-electron chi connectivity index (χ4n) is 3.45. The molecule has 1 fully saturated rings. The predicted molar refractivity (Wildman–Crippen MR) is 101 cm³/mol. The number of hydrogen-bond acceptors (Lipinski definition) is 5. The SMILES string of the molecule is C[C@H]1CCN(Cc2ccccn2)[C@@H](c2nc(-c3cccc(Cl)c3)no2)C1. The van der Waals surface area contributed by atoms with Crippen LogP contribution in [-0.4, -0.2) is 26.6 Å². The molecule has 2 aromatic heterocycles. The zero-order valence-corrected chi connectivity index (χ0v) is 15.4. The number of rotatable bonds is 4. The fraction of sp³-hybridized carbons (Fsp3) is 0.350. The monoisotopic (exact) mass is 368 g/mol. The van der Waals surface area contributed by atoms with E-state index in [2.05, 4.69) is 33.0 Å². The first-order valence-corrected chi connectivity index (χ1v) is 9.30. The van der Waals surface area contributed by atoms with E-state index in [0.717, 1.165) is 30.8 Å². The van der Waals surface area contributed by atoms with Gasteiger partial charge in [-0.25, -0.2) is 0 Å². The summed E-state index contributed by atoms with van der Waals surface area (Å²) in [6.45, 7) is 4.06. The van der Waals surface area contributed by atoms with E-state index in [-0.39, 0.29) is 6.04 Å². The highest BCUT2D eigenvalue weighted by atomic mass is 35.5. The maximum atomic E-state index is 6.08. The molecule has 1 aromatic carbocycles. The van der Waals surface area contributed by atoms with Gasteiger partial charge in [-0.15, -0.1) is 0 Å². The Labute approximate surface area is 158 Å². The Balaban J connectivity index is 1.59. The molecular weight excluding hydrogens is 348 g/mol. The van der Waals surface area contributed by atoms with E-state index in [1.807, 2.05) is 42.6 Å². The lowest BCUT2D eigenvalue weighted by Crippen LogP contribution is -2.36. The van der Waals surface area contributed by atoms with Crippen molar-refractivity contribution in [3.8, 4) is 11.4 Å². The summed E-state index contributed by atoms with van der Waals surface area (Å²) in [6, 6.07) is 13.7. The Kier molecular flexibility index (Phi) is 5.00. The van der Waals surface area contributed by atoms with Gasteiger partial charge in [-0.05, 0) is 49.6 Å². The van der Waals surface area contributed by atoms with E-state index in [0.29, 0.717) is 22.7 Å². The molecule has 4 rings (SSSR count). The first kappa shape index (κ1) is 17.2. The number of halogens is 1. The largest absolute Gasteiger partial charge is 0.337 e. The number of pyridine rings is 1. The summed E-state index contributed by atoms with van der Waals surface area (Å²) in [4.78, 5) is 11.5. The van der Waals surface area contributed by atoms with Crippen molar-refractivity contribution in [1.29, 1.82) is 0 Å². The summed E-state index contributed by atoms with van der Waals surface area (Å²) in [7, 11) is 0. The smallest absolute Gasteiger partial charge is 0.244 e. The second kappa shape index (κ2) is 7.56. The second-order valence-corrected chi connectivity index (χ2v) is 7.34. The minimum absolute atomic E-state index is 0.112. The molecule has 1 saturated heterocycles. The lowest BCUT2D eigenvalue weighted by atomic mass is 9.92. The molecule has 0 bridgehead atoms. The molecule has 0 radical (unpaired) electrons. The van der Waals surface area contributed by atoms with Gasteiger partial charge in [0.05, 0.1) is 11.7 Å². The van der Waals surface area contributed by atoms with Crippen molar-refractivity contribution in [1.82, 2.24) is 20.0 Å². The van der Waals surface area contributed by atoms with Crippen LogP contribution in [0.5, 0.6) is 0 Å². The minimum atomic E-state index is 0.112. The number of likely N-dealkylation sites (tertiary alicyclic amines) is 1. The molecule has 0 spiro atoms. The molecule has 1 aliphatic heterocycles. The molecule has 2 atom stereocenters. The van der Waals surface area contributed by atoms with E-state index in [1.165, 1.54) is 6.42 Å². The maximum Gasteiger partial charge on any atom is 0.244 e. The number of aromatic nitrogens is 3. The van der Waals surface area contributed by atoms with Gasteiger partial charge in [-0.1, -0.05) is 41.9 Å². The summed E-state index contributed by atoms with van der Waals surface area (Å²) in [6.07, 6.45) is 4.00. The summed E-state index contributed by atoms with van der Waals surface area (Å²) >= 11 is 6.08. The molecule has 0 N–H and O–H groups in total. The van der Waals surface area contributed by atoms with Crippen LogP contribution in [0.1, 0.15) is 37.4 Å². The molecule has 1 aliphatic rings. The molecule has 0 saturated carbocycles. The Hall–Kier alpha value is -2.24. The van der Waals surface area contributed by atoms with Crippen molar-refractivity contribution in [3.05, 3.63) is 65.3 Å². The Morgan fingerprint density at radius 1 is 1.23 bits per heavy atom. The molecule has 3 aromatic rings. The normalized spacial score (nSPS) is 21.0. The number of nitrogens with zero attached hydrogens (tertiary/aromatic N) is 4. The zero-order valence-electron chi connectivity index (χ0n) is 14.7. The molecule has 6 heteroatoms. The van der Waals surface area contributed by atoms with Crippen molar-refractivity contribution in [2.45, 2.75) is 32.4 Å². The van der Waals surface area contributed by atoms with Gasteiger partial charge in [-0.2, -0.15) is 4.98 Å². The summed E-state index contributed by atoms with van der Waals surface area (Å²) < 4.78 is 5.65. The maximum absolute atomic E-state index is 6.08. The molecule has 26 heavy (non-hydrogen) atoms. The molecule has 5 nitrogen and oxygen atoms in total. The Morgan fingerprint density at radius 3 is 2.96 bits per heavy atom. The number of benzene rings is 1. The van der Waals surface area contributed by atoms with E-state index < -0.39 is 0 Å². The third-order valence-corrected chi connectivity index (χ3v) is 5.11. The van der Waals surface area contributed by atoms with E-state index in [9.17, 15) is 0 Å². The minimum Gasteiger partial charge on any atom is -0.337 e. The van der Waals surface area contributed by atoms with Gasteiger partial charge in [0, 0.05) is 23.3 Å². The van der Waals surface area contributed by atoms with Gasteiger partial charge in [0.25, 0.3) is 0 Å². The van der Waals surface area contributed by atoms with E-state index >= 15 is 0 Å². The topological polar surface area (TPSA) is 55.1 Å². The van der Waals surface area contributed by atoms with Crippen LogP contribution in [0.25, 0.3) is 11.4 Å². The average Bonchev–Trinajstić information content (AvgIpc) is 3.14. The average molecular weight is 369 g/mol. The highest BCUT2D eigenvalue weighted by Gasteiger charge is 2.32. The van der Waals surface area contributed by atoms with Gasteiger partial charge >= 0.3 is 0 Å². The van der Waals surface area contributed by atoms with E-state index in [1.54, 1.807) is 0 Å². The van der Waals surface area contributed by atoms with Crippen molar-refractivity contribution < 1.29 is 4.52 Å². The highest BCUT2D eigenvalue weighted by Crippen LogP contribution is 2.35. The highest BCUT2D eigenvalue weighted by molar-refractivity contribution is 6.30. The van der Waals surface area contributed by atoms with E-state index in [4.69, 9.17) is 16.1 Å². The Bertz CT molecular complexity index is 867. The van der Waals surface area contributed by atoms with Gasteiger partial charge in [0.15, 0.2) is 0 Å². The molecule has 0 amide bonds. The predicted octanol–water partition coefficient (Wildman–Crippen LogP) is 4.76. The molecule has 0 aliphatic carbocycles. The molecule has 134 valence electrons. The van der Waals surface area contributed by atoms with Crippen molar-refractivity contribution in [2.24, 2.45) is 5.92 Å². The van der Waals surface area contributed by atoms with Gasteiger partial charge in [0.1, 0.15) is 0 Å². The third kappa shape index (κ3) is 3.79. The lowest BCUT2D eigenvalue weighted by molar-refractivity contribution is 0.0844. The van der Waals surface area contributed by atoms with Crippen LogP contribution in [0, 0.1) is 5.92 Å². The fourth-order valence-corrected chi connectivity index (χ4v) is 3.64. The van der Waals surface area contributed by atoms with Gasteiger partial charge in [-0.3, -0.25) is 9.88 Å². The quantitative estimate of drug-likeness (QED) is 0.664. The van der Waals surface area contributed by atoms with Crippen molar-refractivity contribution >= 4 is 11.6 Å². The Morgan fingerprint density at radius 2 is 2.15 bits per heavy atom. The second-order valence-electron chi connectivity index (χ2n) is 6.90. The van der Waals surface area contributed by atoms with Crippen LogP contribution < -0.4 is 0 Å².